The minimum absolute atomic E-state index is 0.120. The molecule has 0 aliphatic heterocycles. The number of halogens is 1. The highest BCUT2D eigenvalue weighted by atomic mass is 19.1. The maximum Gasteiger partial charge on any atom is 0.168 e. The van der Waals surface area contributed by atoms with Crippen molar-refractivity contribution in [1.82, 2.24) is 0 Å². The lowest BCUT2D eigenvalue weighted by atomic mass is 9.95. The molecule has 2 heteroatoms. The number of benzene rings is 1. The molecule has 1 aliphatic rings. The lowest BCUT2D eigenvalue weighted by Gasteiger charge is -2.22. The van der Waals surface area contributed by atoms with Crippen molar-refractivity contribution in [3.05, 3.63) is 35.9 Å². The summed E-state index contributed by atoms with van der Waals surface area (Å²) in [6, 6.07) is 10.1. The molecule has 2 atom stereocenters. The zero-order chi connectivity index (χ0) is 12.8. The van der Waals surface area contributed by atoms with E-state index in [1.165, 1.54) is 0 Å². The third-order valence-electron chi connectivity index (χ3n) is 3.20. The lowest BCUT2D eigenvalue weighted by molar-refractivity contribution is 0.0212. The van der Waals surface area contributed by atoms with Crippen molar-refractivity contribution in [2.24, 2.45) is 0 Å². The van der Waals surface area contributed by atoms with E-state index >= 15 is 0 Å². The number of hydrogen-bond donors (Lipinski definition) is 0. The van der Waals surface area contributed by atoms with E-state index in [1.807, 2.05) is 30.3 Å². The molecule has 0 amide bonds. The zero-order valence-corrected chi connectivity index (χ0v) is 10.8. The Labute approximate surface area is 108 Å². The standard InChI is InChI=1S/C16H19FO/c1-16(17)11-6-5-9-15(10-12-16)18-13-14-7-3-2-4-8-14/h2-4,7-8,15H,5,9-10,12-13H2,1H3. The largest absolute Gasteiger partial charge is 0.374 e. The molecule has 0 saturated carbocycles. The van der Waals surface area contributed by atoms with Gasteiger partial charge in [-0.25, -0.2) is 4.39 Å². The van der Waals surface area contributed by atoms with Crippen molar-refractivity contribution in [2.45, 2.75) is 51.0 Å². The van der Waals surface area contributed by atoms with Crippen LogP contribution in [0.2, 0.25) is 0 Å². The molecule has 1 aliphatic carbocycles. The van der Waals surface area contributed by atoms with Crippen LogP contribution in [-0.2, 0) is 11.3 Å². The number of ether oxygens (including phenoxy) is 1. The second kappa shape index (κ2) is 6.02. The fraction of sp³-hybridized carbons (Fsp3) is 0.500. The average molecular weight is 246 g/mol. The molecule has 0 heterocycles. The van der Waals surface area contributed by atoms with E-state index in [-0.39, 0.29) is 6.10 Å². The molecule has 2 rings (SSSR count). The van der Waals surface area contributed by atoms with Crippen LogP contribution in [0, 0.1) is 11.8 Å². The van der Waals surface area contributed by atoms with Gasteiger partial charge in [0, 0.05) is 6.42 Å². The average Bonchev–Trinajstić information content (AvgIpc) is 2.36. The summed E-state index contributed by atoms with van der Waals surface area (Å²) < 4.78 is 19.7. The predicted octanol–water partition coefficient (Wildman–Crippen LogP) is 3.88. The minimum atomic E-state index is -1.35. The molecule has 0 bridgehead atoms. The van der Waals surface area contributed by atoms with Gasteiger partial charge in [-0.3, -0.25) is 0 Å². The van der Waals surface area contributed by atoms with Gasteiger partial charge in [0.1, 0.15) is 0 Å². The Morgan fingerprint density at radius 3 is 2.89 bits per heavy atom. The van der Waals surface area contributed by atoms with Gasteiger partial charge in [0.15, 0.2) is 5.67 Å². The molecule has 0 spiro atoms. The maximum absolute atomic E-state index is 13.8. The Kier molecular flexibility index (Phi) is 4.38. The van der Waals surface area contributed by atoms with Gasteiger partial charge in [0.2, 0.25) is 0 Å². The summed E-state index contributed by atoms with van der Waals surface area (Å²) >= 11 is 0. The Balaban J connectivity index is 1.86. The van der Waals surface area contributed by atoms with E-state index in [0.717, 1.165) is 24.8 Å². The molecule has 1 aromatic carbocycles. The molecule has 0 fully saturated rings. The highest BCUT2D eigenvalue weighted by Crippen LogP contribution is 2.23. The fourth-order valence-corrected chi connectivity index (χ4v) is 2.07. The summed E-state index contributed by atoms with van der Waals surface area (Å²) in [6.45, 7) is 2.15. The van der Waals surface area contributed by atoms with Crippen LogP contribution in [0.25, 0.3) is 0 Å². The number of alkyl halides is 1. The first kappa shape index (κ1) is 13.1. The van der Waals surface area contributed by atoms with Gasteiger partial charge in [-0.05, 0) is 31.7 Å². The van der Waals surface area contributed by atoms with Crippen LogP contribution >= 0.6 is 0 Å². The quantitative estimate of drug-likeness (QED) is 0.735. The molecule has 0 saturated heterocycles. The fourth-order valence-electron chi connectivity index (χ4n) is 2.07. The smallest absolute Gasteiger partial charge is 0.168 e. The van der Waals surface area contributed by atoms with Crippen molar-refractivity contribution >= 4 is 0 Å². The van der Waals surface area contributed by atoms with Gasteiger partial charge in [0.25, 0.3) is 0 Å². The summed E-state index contributed by atoms with van der Waals surface area (Å²) in [5, 5.41) is 0. The van der Waals surface area contributed by atoms with Crippen LogP contribution in [0.5, 0.6) is 0 Å². The normalized spacial score (nSPS) is 27.8. The second-order valence-corrected chi connectivity index (χ2v) is 5.00. The van der Waals surface area contributed by atoms with E-state index < -0.39 is 5.67 Å². The number of hydrogen-bond acceptors (Lipinski definition) is 1. The summed E-state index contributed by atoms with van der Waals surface area (Å²) in [5.41, 5.74) is -0.192. The van der Waals surface area contributed by atoms with Crippen molar-refractivity contribution in [1.29, 1.82) is 0 Å². The zero-order valence-electron chi connectivity index (χ0n) is 10.8. The molecule has 0 N–H and O–H groups in total. The summed E-state index contributed by atoms with van der Waals surface area (Å²) in [5.74, 6) is 5.58. The van der Waals surface area contributed by atoms with Crippen molar-refractivity contribution < 1.29 is 9.13 Å². The van der Waals surface area contributed by atoms with E-state index in [1.54, 1.807) is 6.92 Å². The molecule has 0 aromatic heterocycles. The molecular weight excluding hydrogens is 227 g/mol. The van der Waals surface area contributed by atoms with Crippen molar-refractivity contribution in [3.63, 3.8) is 0 Å². The molecule has 2 unspecified atom stereocenters. The van der Waals surface area contributed by atoms with Crippen LogP contribution in [0.3, 0.4) is 0 Å². The molecule has 96 valence electrons. The first-order valence-electron chi connectivity index (χ1n) is 6.50. The van der Waals surface area contributed by atoms with Gasteiger partial charge < -0.3 is 4.74 Å². The van der Waals surface area contributed by atoms with Crippen LogP contribution in [0.4, 0.5) is 4.39 Å². The second-order valence-electron chi connectivity index (χ2n) is 5.00. The van der Waals surface area contributed by atoms with Gasteiger partial charge in [-0.1, -0.05) is 42.2 Å². The third-order valence-corrected chi connectivity index (χ3v) is 3.20. The molecule has 1 nitrogen and oxygen atoms in total. The van der Waals surface area contributed by atoms with E-state index in [9.17, 15) is 4.39 Å². The maximum atomic E-state index is 13.8. The van der Waals surface area contributed by atoms with E-state index in [0.29, 0.717) is 13.0 Å². The van der Waals surface area contributed by atoms with E-state index in [4.69, 9.17) is 4.74 Å². The third kappa shape index (κ3) is 4.16. The lowest BCUT2D eigenvalue weighted by Crippen LogP contribution is -2.22. The Hall–Kier alpha value is -1.33. The van der Waals surface area contributed by atoms with Gasteiger partial charge in [-0.15, -0.1) is 0 Å². The molecule has 0 radical (unpaired) electrons. The van der Waals surface area contributed by atoms with Gasteiger partial charge in [0.05, 0.1) is 12.7 Å². The number of rotatable bonds is 3. The van der Waals surface area contributed by atoms with Crippen LogP contribution in [-0.4, -0.2) is 11.8 Å². The van der Waals surface area contributed by atoms with Crippen molar-refractivity contribution in [3.8, 4) is 11.8 Å². The monoisotopic (exact) mass is 246 g/mol. The summed E-state index contributed by atoms with van der Waals surface area (Å²) in [6.07, 6.45) is 2.94. The predicted molar refractivity (Wildman–Crippen MR) is 70.8 cm³/mol. The summed E-state index contributed by atoms with van der Waals surface area (Å²) in [4.78, 5) is 0. The topological polar surface area (TPSA) is 9.23 Å². The van der Waals surface area contributed by atoms with Crippen LogP contribution < -0.4 is 0 Å². The highest BCUT2D eigenvalue weighted by molar-refractivity contribution is 5.14. The van der Waals surface area contributed by atoms with Crippen LogP contribution in [0.15, 0.2) is 30.3 Å². The SMILES string of the molecule is CC1(F)C#CCCC(OCc2ccccc2)CC1. The molecule has 18 heavy (non-hydrogen) atoms. The summed E-state index contributed by atoms with van der Waals surface area (Å²) in [7, 11) is 0. The van der Waals surface area contributed by atoms with Crippen molar-refractivity contribution in [2.75, 3.05) is 0 Å². The minimum Gasteiger partial charge on any atom is -0.374 e. The van der Waals surface area contributed by atoms with Gasteiger partial charge >= 0.3 is 0 Å². The molecular formula is C16H19FO. The van der Waals surface area contributed by atoms with Crippen LogP contribution in [0.1, 0.15) is 38.2 Å². The van der Waals surface area contributed by atoms with Gasteiger partial charge in [-0.2, -0.15) is 0 Å². The first-order chi connectivity index (χ1) is 8.66. The highest BCUT2D eigenvalue weighted by Gasteiger charge is 2.23. The van der Waals surface area contributed by atoms with E-state index in [2.05, 4.69) is 11.8 Å². The Morgan fingerprint density at radius 1 is 1.33 bits per heavy atom. The Morgan fingerprint density at radius 2 is 2.11 bits per heavy atom. The molecule has 1 aromatic rings. The Bertz CT molecular complexity index is 427. The first-order valence-corrected chi connectivity index (χ1v) is 6.50.